The molecule has 1 aromatic heterocycles. The Balaban J connectivity index is 1.58. The number of H-pyrrole nitrogens is 1. The molecule has 1 saturated heterocycles. The Labute approximate surface area is 218 Å². The fourth-order valence-corrected chi connectivity index (χ4v) is 4.85. The fourth-order valence-electron chi connectivity index (χ4n) is 4.85. The number of rotatable bonds is 9. The predicted molar refractivity (Wildman–Crippen MR) is 143 cm³/mol. The molecular formula is C28H36N6O3. The molecule has 3 aromatic rings. The maximum absolute atomic E-state index is 12.9. The molecule has 2 amide bonds. The van der Waals surface area contributed by atoms with Crippen molar-refractivity contribution in [3.05, 3.63) is 83.4 Å². The van der Waals surface area contributed by atoms with E-state index < -0.39 is 6.09 Å². The first-order valence-electron chi connectivity index (χ1n) is 12.8. The number of piperazine rings is 1. The van der Waals surface area contributed by atoms with Crippen molar-refractivity contribution < 1.29 is 14.3 Å². The van der Waals surface area contributed by atoms with E-state index in [2.05, 4.69) is 43.3 Å². The van der Waals surface area contributed by atoms with Crippen LogP contribution < -0.4 is 5.32 Å². The van der Waals surface area contributed by atoms with Crippen molar-refractivity contribution in [3.8, 4) is 0 Å². The lowest BCUT2D eigenvalue weighted by Crippen LogP contribution is -2.47. The smallest absolute Gasteiger partial charge is 0.411 e. The van der Waals surface area contributed by atoms with Crippen LogP contribution in [0, 0.1) is 0 Å². The molecule has 1 aliphatic heterocycles. The molecule has 0 spiro atoms. The molecule has 0 bridgehead atoms. The first-order valence-corrected chi connectivity index (χ1v) is 12.8. The van der Waals surface area contributed by atoms with Gasteiger partial charge in [0.15, 0.2) is 0 Å². The minimum absolute atomic E-state index is 0.0252. The van der Waals surface area contributed by atoms with Gasteiger partial charge in [-0.25, -0.2) is 9.78 Å². The SMILES string of the molecule is CCN(CC)C(=O)c1ccc(C(c2cccc(NC(=O)OC)c2)N2CCN(Cc3ncc[nH]3)CC2)cc1. The first-order chi connectivity index (χ1) is 18.0. The van der Waals surface area contributed by atoms with Crippen LogP contribution in [0.1, 0.15) is 47.2 Å². The molecule has 9 heteroatoms. The highest BCUT2D eigenvalue weighted by atomic mass is 16.5. The predicted octanol–water partition coefficient (Wildman–Crippen LogP) is 3.98. The molecule has 1 atom stereocenters. The Hall–Kier alpha value is -3.69. The fraction of sp³-hybridized carbons (Fsp3) is 0.393. The van der Waals surface area contributed by atoms with Crippen LogP contribution in [0.5, 0.6) is 0 Å². The average Bonchev–Trinajstić information content (AvgIpc) is 3.44. The van der Waals surface area contributed by atoms with Gasteiger partial charge in [-0.3, -0.25) is 19.9 Å². The highest BCUT2D eigenvalue weighted by Crippen LogP contribution is 2.32. The van der Waals surface area contributed by atoms with E-state index in [0.29, 0.717) is 24.3 Å². The van der Waals surface area contributed by atoms with E-state index in [-0.39, 0.29) is 11.9 Å². The quantitative estimate of drug-likeness (QED) is 0.458. The number of aromatic nitrogens is 2. The minimum atomic E-state index is -0.500. The van der Waals surface area contributed by atoms with Gasteiger partial charge in [0.05, 0.1) is 19.7 Å². The zero-order valence-electron chi connectivity index (χ0n) is 21.8. The van der Waals surface area contributed by atoms with E-state index in [1.54, 1.807) is 6.20 Å². The van der Waals surface area contributed by atoms with E-state index in [1.165, 1.54) is 7.11 Å². The number of nitrogens with one attached hydrogen (secondary N) is 2. The topological polar surface area (TPSA) is 93.8 Å². The molecule has 0 aliphatic carbocycles. The number of methoxy groups -OCH3 is 1. The first kappa shape index (κ1) is 26.4. The molecular weight excluding hydrogens is 468 g/mol. The second-order valence-corrected chi connectivity index (χ2v) is 9.09. The van der Waals surface area contributed by atoms with Crippen LogP contribution in [0.25, 0.3) is 0 Å². The molecule has 1 aliphatic rings. The zero-order chi connectivity index (χ0) is 26.2. The summed E-state index contributed by atoms with van der Waals surface area (Å²) in [5, 5.41) is 2.77. The van der Waals surface area contributed by atoms with E-state index >= 15 is 0 Å². The summed E-state index contributed by atoms with van der Waals surface area (Å²) in [6.07, 6.45) is 3.14. The number of ether oxygens (including phenoxy) is 1. The number of carbonyl (C=O) groups is 2. The third kappa shape index (κ3) is 6.55. The van der Waals surface area contributed by atoms with Gasteiger partial charge in [-0.15, -0.1) is 0 Å². The maximum atomic E-state index is 12.9. The number of amides is 2. The summed E-state index contributed by atoms with van der Waals surface area (Å²) in [6, 6.07) is 15.8. The average molecular weight is 505 g/mol. The van der Waals surface area contributed by atoms with Crippen LogP contribution in [-0.4, -0.2) is 83.0 Å². The number of aromatic amines is 1. The number of nitrogens with zero attached hydrogens (tertiary/aromatic N) is 4. The summed E-state index contributed by atoms with van der Waals surface area (Å²) in [5.74, 6) is 1.02. The van der Waals surface area contributed by atoms with Gasteiger partial charge < -0.3 is 14.6 Å². The van der Waals surface area contributed by atoms with Crippen molar-refractivity contribution >= 4 is 17.7 Å². The monoisotopic (exact) mass is 504 g/mol. The normalized spacial score (nSPS) is 15.2. The highest BCUT2D eigenvalue weighted by Gasteiger charge is 2.27. The van der Waals surface area contributed by atoms with Crippen LogP contribution in [0.3, 0.4) is 0 Å². The molecule has 2 N–H and O–H groups in total. The molecule has 0 saturated carbocycles. The zero-order valence-corrected chi connectivity index (χ0v) is 21.8. The molecule has 37 heavy (non-hydrogen) atoms. The lowest BCUT2D eigenvalue weighted by molar-refractivity contribution is 0.0772. The lowest BCUT2D eigenvalue weighted by Gasteiger charge is -2.39. The van der Waals surface area contributed by atoms with Crippen molar-refractivity contribution in [2.24, 2.45) is 0 Å². The number of hydrogen-bond donors (Lipinski definition) is 2. The second kappa shape index (κ2) is 12.5. The van der Waals surface area contributed by atoms with Crippen LogP contribution in [0.15, 0.2) is 60.9 Å². The Kier molecular flexibility index (Phi) is 8.92. The summed E-state index contributed by atoms with van der Waals surface area (Å²) in [6.45, 7) is 9.72. The number of benzene rings is 2. The molecule has 4 rings (SSSR count). The molecule has 9 nitrogen and oxygen atoms in total. The van der Waals surface area contributed by atoms with Crippen LogP contribution in [-0.2, 0) is 11.3 Å². The van der Waals surface area contributed by atoms with Crippen molar-refractivity contribution in [3.63, 3.8) is 0 Å². The molecule has 1 unspecified atom stereocenters. The van der Waals surface area contributed by atoms with Gasteiger partial charge in [0, 0.05) is 62.9 Å². The van der Waals surface area contributed by atoms with Crippen LogP contribution >= 0.6 is 0 Å². The van der Waals surface area contributed by atoms with Crippen molar-refractivity contribution in [2.45, 2.75) is 26.4 Å². The van der Waals surface area contributed by atoms with Gasteiger partial charge in [0.2, 0.25) is 0 Å². The second-order valence-electron chi connectivity index (χ2n) is 9.09. The van der Waals surface area contributed by atoms with Gasteiger partial charge >= 0.3 is 6.09 Å². The lowest BCUT2D eigenvalue weighted by atomic mass is 9.95. The molecule has 2 heterocycles. The van der Waals surface area contributed by atoms with E-state index in [0.717, 1.165) is 49.7 Å². The van der Waals surface area contributed by atoms with Gasteiger partial charge in [0.25, 0.3) is 5.91 Å². The van der Waals surface area contributed by atoms with Crippen molar-refractivity contribution in [1.29, 1.82) is 0 Å². The minimum Gasteiger partial charge on any atom is -0.453 e. The number of carbonyl (C=O) groups excluding carboxylic acids is 2. The Morgan fingerprint density at radius 2 is 1.78 bits per heavy atom. The van der Waals surface area contributed by atoms with Crippen molar-refractivity contribution in [1.82, 2.24) is 24.7 Å². The van der Waals surface area contributed by atoms with Crippen LogP contribution in [0.2, 0.25) is 0 Å². The third-order valence-electron chi connectivity index (χ3n) is 6.86. The number of anilines is 1. The standard InChI is InChI=1S/C28H36N6O3/c1-4-33(5-2)27(35)22-11-9-21(10-12-22)26(23-7-6-8-24(19-23)31-28(36)37-3)34-17-15-32(16-18-34)20-25-29-13-14-30-25/h6-14,19,26H,4-5,15-18,20H2,1-3H3,(H,29,30)(H,31,36). The highest BCUT2D eigenvalue weighted by molar-refractivity contribution is 5.94. The van der Waals surface area contributed by atoms with Gasteiger partial charge in [-0.1, -0.05) is 24.3 Å². The van der Waals surface area contributed by atoms with Gasteiger partial charge in [-0.2, -0.15) is 0 Å². The molecule has 2 aromatic carbocycles. The molecule has 0 radical (unpaired) electrons. The largest absolute Gasteiger partial charge is 0.453 e. The van der Waals surface area contributed by atoms with Crippen LogP contribution in [0.4, 0.5) is 10.5 Å². The maximum Gasteiger partial charge on any atom is 0.411 e. The van der Waals surface area contributed by atoms with Gasteiger partial charge in [0.1, 0.15) is 5.82 Å². The Morgan fingerprint density at radius 1 is 1.05 bits per heavy atom. The Bertz CT molecular complexity index is 1150. The number of hydrogen-bond acceptors (Lipinski definition) is 6. The van der Waals surface area contributed by atoms with E-state index in [1.807, 2.05) is 55.3 Å². The third-order valence-corrected chi connectivity index (χ3v) is 6.86. The summed E-state index contributed by atoms with van der Waals surface area (Å²) < 4.78 is 4.77. The summed E-state index contributed by atoms with van der Waals surface area (Å²) in [7, 11) is 1.35. The summed E-state index contributed by atoms with van der Waals surface area (Å²) in [5.41, 5.74) is 3.54. The van der Waals surface area contributed by atoms with Gasteiger partial charge in [-0.05, 0) is 49.2 Å². The van der Waals surface area contributed by atoms with E-state index in [4.69, 9.17) is 4.74 Å². The molecule has 1 fully saturated rings. The molecule has 196 valence electrons. The van der Waals surface area contributed by atoms with Crippen molar-refractivity contribution in [2.75, 3.05) is 51.7 Å². The Morgan fingerprint density at radius 3 is 2.41 bits per heavy atom. The summed E-state index contributed by atoms with van der Waals surface area (Å²) in [4.78, 5) is 38.9. The van der Waals surface area contributed by atoms with E-state index in [9.17, 15) is 9.59 Å². The summed E-state index contributed by atoms with van der Waals surface area (Å²) >= 11 is 0. The number of imidazole rings is 1.